The highest BCUT2D eigenvalue weighted by atomic mass is 79.9. The molecule has 0 aliphatic rings. The maximum absolute atomic E-state index is 13.8. The van der Waals surface area contributed by atoms with Gasteiger partial charge in [0.15, 0.2) is 0 Å². The van der Waals surface area contributed by atoms with Gasteiger partial charge in [0.1, 0.15) is 11.6 Å². The molecule has 0 fully saturated rings. The standard InChI is InChI=1S/C12H7BrCl2F2S/c1-5-2-7(13)12(18-5)11(15)6-3-10(17)8(14)4-9(6)16/h2-4,11H,1H3. The van der Waals surface area contributed by atoms with Crippen LogP contribution in [-0.4, -0.2) is 0 Å². The highest BCUT2D eigenvalue weighted by molar-refractivity contribution is 9.10. The van der Waals surface area contributed by atoms with E-state index >= 15 is 0 Å². The first-order chi connectivity index (χ1) is 8.40. The predicted octanol–water partition coefficient (Wildman–Crippen LogP) is 6.08. The van der Waals surface area contributed by atoms with Crippen LogP contribution in [0, 0.1) is 18.6 Å². The van der Waals surface area contributed by atoms with Crippen molar-refractivity contribution in [3.05, 3.63) is 54.6 Å². The lowest BCUT2D eigenvalue weighted by Gasteiger charge is -2.10. The van der Waals surface area contributed by atoms with Gasteiger partial charge < -0.3 is 0 Å². The summed E-state index contributed by atoms with van der Waals surface area (Å²) in [6, 6.07) is 3.87. The number of aryl methyl sites for hydroxylation is 1. The molecule has 1 aromatic carbocycles. The van der Waals surface area contributed by atoms with E-state index in [1.807, 2.05) is 13.0 Å². The van der Waals surface area contributed by atoms with E-state index in [1.165, 1.54) is 11.3 Å². The third-order valence-corrected chi connectivity index (χ3v) is 5.29. The summed E-state index contributed by atoms with van der Waals surface area (Å²) in [7, 11) is 0. The van der Waals surface area contributed by atoms with Crippen molar-refractivity contribution in [3.8, 4) is 0 Å². The molecule has 0 spiro atoms. The Bertz CT molecular complexity index is 598. The van der Waals surface area contributed by atoms with Gasteiger partial charge in [-0.15, -0.1) is 22.9 Å². The molecule has 0 aliphatic carbocycles. The normalized spacial score (nSPS) is 12.8. The van der Waals surface area contributed by atoms with Crippen LogP contribution in [0.3, 0.4) is 0 Å². The van der Waals surface area contributed by atoms with Crippen LogP contribution in [0.25, 0.3) is 0 Å². The summed E-state index contributed by atoms with van der Waals surface area (Å²) in [5.74, 6) is -1.29. The minimum Gasteiger partial charge on any atom is -0.207 e. The van der Waals surface area contributed by atoms with Crippen molar-refractivity contribution in [1.82, 2.24) is 0 Å². The van der Waals surface area contributed by atoms with Crippen LogP contribution in [0.1, 0.15) is 20.7 Å². The molecular weight excluding hydrogens is 365 g/mol. The molecule has 1 unspecified atom stereocenters. The molecule has 6 heteroatoms. The zero-order valence-corrected chi connectivity index (χ0v) is 13.0. The average Bonchev–Trinajstić information content (AvgIpc) is 2.62. The third kappa shape index (κ3) is 2.72. The minimum absolute atomic E-state index is 0.0844. The maximum atomic E-state index is 13.8. The molecule has 1 heterocycles. The van der Waals surface area contributed by atoms with Crippen LogP contribution in [0.5, 0.6) is 0 Å². The van der Waals surface area contributed by atoms with E-state index in [2.05, 4.69) is 15.9 Å². The fourth-order valence-corrected chi connectivity index (χ4v) is 4.13. The molecule has 0 N–H and O–H groups in total. The number of halogens is 5. The SMILES string of the molecule is Cc1cc(Br)c(C(Cl)c2cc(F)c(Cl)cc2F)s1. The van der Waals surface area contributed by atoms with Gasteiger partial charge in [-0.2, -0.15) is 0 Å². The fourth-order valence-electron chi connectivity index (χ4n) is 1.55. The van der Waals surface area contributed by atoms with Crippen LogP contribution in [-0.2, 0) is 0 Å². The molecule has 1 atom stereocenters. The van der Waals surface area contributed by atoms with Crippen LogP contribution in [0.4, 0.5) is 8.78 Å². The molecule has 0 saturated heterocycles. The van der Waals surface area contributed by atoms with Crippen molar-refractivity contribution in [2.45, 2.75) is 12.3 Å². The van der Waals surface area contributed by atoms with Crippen LogP contribution >= 0.6 is 50.5 Å². The van der Waals surface area contributed by atoms with Gasteiger partial charge in [0.2, 0.25) is 0 Å². The lowest BCUT2D eigenvalue weighted by Crippen LogP contribution is -1.97. The highest BCUT2D eigenvalue weighted by Crippen LogP contribution is 2.40. The molecule has 2 aromatic rings. The average molecular weight is 372 g/mol. The van der Waals surface area contributed by atoms with Gasteiger partial charge in [-0.25, -0.2) is 8.78 Å². The summed E-state index contributed by atoms with van der Waals surface area (Å²) >= 11 is 16.5. The Morgan fingerprint density at radius 1 is 1.22 bits per heavy atom. The number of rotatable bonds is 2. The third-order valence-electron chi connectivity index (χ3n) is 2.38. The monoisotopic (exact) mass is 370 g/mol. The molecule has 0 amide bonds. The van der Waals surface area contributed by atoms with Gasteiger partial charge in [-0.1, -0.05) is 11.6 Å². The van der Waals surface area contributed by atoms with Crippen LogP contribution < -0.4 is 0 Å². The predicted molar refractivity (Wildman–Crippen MR) is 75.8 cm³/mol. The van der Waals surface area contributed by atoms with Crippen molar-refractivity contribution in [1.29, 1.82) is 0 Å². The van der Waals surface area contributed by atoms with Gasteiger partial charge in [0, 0.05) is 19.8 Å². The molecule has 18 heavy (non-hydrogen) atoms. The zero-order valence-electron chi connectivity index (χ0n) is 9.11. The summed E-state index contributed by atoms with van der Waals surface area (Å²) in [5, 5.41) is -0.994. The van der Waals surface area contributed by atoms with Gasteiger partial charge in [0.25, 0.3) is 0 Å². The van der Waals surface area contributed by atoms with E-state index in [0.29, 0.717) is 0 Å². The fraction of sp³-hybridized carbons (Fsp3) is 0.167. The quantitative estimate of drug-likeness (QED) is 0.443. The lowest BCUT2D eigenvalue weighted by atomic mass is 10.1. The smallest absolute Gasteiger partial charge is 0.142 e. The van der Waals surface area contributed by atoms with Crippen molar-refractivity contribution >= 4 is 50.5 Å². The van der Waals surface area contributed by atoms with E-state index in [1.54, 1.807) is 0 Å². The summed E-state index contributed by atoms with van der Waals surface area (Å²) in [6.45, 7) is 1.92. The molecule has 2 rings (SSSR count). The van der Waals surface area contributed by atoms with Gasteiger partial charge in [-0.05, 0) is 41.1 Å². The first kappa shape index (κ1) is 14.3. The Labute approximate surface area is 126 Å². The molecular formula is C12H7BrCl2F2S. The van der Waals surface area contributed by atoms with Gasteiger partial charge in [-0.3, -0.25) is 0 Å². The van der Waals surface area contributed by atoms with E-state index < -0.39 is 17.0 Å². The molecule has 0 bridgehead atoms. The molecule has 0 aliphatic heterocycles. The second kappa shape index (κ2) is 5.45. The van der Waals surface area contributed by atoms with Crippen molar-refractivity contribution in [3.63, 3.8) is 0 Å². The highest BCUT2D eigenvalue weighted by Gasteiger charge is 2.21. The Balaban J connectivity index is 2.49. The van der Waals surface area contributed by atoms with Crippen molar-refractivity contribution in [2.75, 3.05) is 0 Å². The van der Waals surface area contributed by atoms with E-state index in [9.17, 15) is 8.78 Å². The zero-order chi connectivity index (χ0) is 13.4. The molecule has 0 radical (unpaired) electrons. The topological polar surface area (TPSA) is 0 Å². The molecule has 0 nitrogen and oxygen atoms in total. The summed E-state index contributed by atoms with van der Waals surface area (Å²) < 4.78 is 27.9. The summed E-state index contributed by atoms with van der Waals surface area (Å²) in [5.41, 5.74) is 0.0844. The Kier molecular flexibility index (Phi) is 4.32. The largest absolute Gasteiger partial charge is 0.207 e. The van der Waals surface area contributed by atoms with Gasteiger partial charge in [0.05, 0.1) is 10.4 Å². The van der Waals surface area contributed by atoms with Crippen molar-refractivity contribution in [2.24, 2.45) is 0 Å². The second-order valence-electron chi connectivity index (χ2n) is 3.72. The summed E-state index contributed by atoms with van der Waals surface area (Å²) in [6.07, 6.45) is 0. The first-order valence-corrected chi connectivity index (χ1v) is 7.37. The van der Waals surface area contributed by atoms with Crippen LogP contribution in [0.15, 0.2) is 22.7 Å². The number of hydrogen-bond donors (Lipinski definition) is 0. The molecule has 1 aromatic heterocycles. The van der Waals surface area contributed by atoms with E-state index in [-0.39, 0.29) is 10.6 Å². The van der Waals surface area contributed by atoms with Crippen molar-refractivity contribution < 1.29 is 8.78 Å². The summed E-state index contributed by atoms with van der Waals surface area (Å²) in [4.78, 5) is 1.78. The van der Waals surface area contributed by atoms with E-state index in [0.717, 1.165) is 26.4 Å². The second-order valence-corrected chi connectivity index (χ2v) is 6.71. The number of hydrogen-bond acceptors (Lipinski definition) is 1. The van der Waals surface area contributed by atoms with Crippen LogP contribution in [0.2, 0.25) is 5.02 Å². The number of thiophene rings is 1. The maximum Gasteiger partial charge on any atom is 0.142 e. The van der Waals surface area contributed by atoms with Gasteiger partial charge >= 0.3 is 0 Å². The molecule has 0 saturated carbocycles. The number of benzene rings is 1. The first-order valence-electron chi connectivity index (χ1n) is 4.94. The Morgan fingerprint density at radius 2 is 1.89 bits per heavy atom. The Hall–Kier alpha value is -0.160. The van der Waals surface area contributed by atoms with E-state index in [4.69, 9.17) is 23.2 Å². The molecule has 96 valence electrons. The number of alkyl halides is 1. The Morgan fingerprint density at radius 3 is 2.44 bits per heavy atom. The minimum atomic E-state index is -0.746. The lowest BCUT2D eigenvalue weighted by molar-refractivity contribution is 0.588.